The molecule has 25 heavy (non-hydrogen) atoms. The van der Waals surface area contributed by atoms with Crippen molar-refractivity contribution in [1.29, 1.82) is 0 Å². The third kappa shape index (κ3) is 3.98. The van der Waals surface area contributed by atoms with Crippen molar-refractivity contribution in [3.05, 3.63) is 46.4 Å². The number of anilines is 2. The van der Waals surface area contributed by atoms with Gasteiger partial charge in [0.25, 0.3) is 0 Å². The Bertz CT molecular complexity index is 945. The molecule has 3 aromatic rings. The summed E-state index contributed by atoms with van der Waals surface area (Å²) in [5.74, 6) is -0.630. The summed E-state index contributed by atoms with van der Waals surface area (Å²) < 4.78 is 0. The van der Waals surface area contributed by atoms with E-state index in [1.807, 2.05) is 0 Å². The smallest absolute Gasteiger partial charge is 0.230 e. The van der Waals surface area contributed by atoms with Gasteiger partial charge >= 0.3 is 0 Å². The van der Waals surface area contributed by atoms with E-state index in [-0.39, 0.29) is 28.8 Å². The van der Waals surface area contributed by atoms with Crippen molar-refractivity contribution < 1.29 is 15.0 Å². The number of benzene rings is 1. The number of carbonyl (C=O) groups excluding carboxylic acids is 1. The van der Waals surface area contributed by atoms with E-state index in [0.29, 0.717) is 22.2 Å². The van der Waals surface area contributed by atoms with Crippen LogP contribution in [0.1, 0.15) is 5.56 Å². The fourth-order valence-corrected chi connectivity index (χ4v) is 3.10. The number of pyridine rings is 1. The van der Waals surface area contributed by atoms with Gasteiger partial charge in [0, 0.05) is 28.2 Å². The number of hydrogen-bond acceptors (Lipinski definition) is 7. The van der Waals surface area contributed by atoms with Crippen molar-refractivity contribution in [2.24, 2.45) is 0 Å². The summed E-state index contributed by atoms with van der Waals surface area (Å²) >= 11 is 7.24. The predicted octanol–water partition coefficient (Wildman–Crippen LogP) is 3.03. The van der Waals surface area contributed by atoms with E-state index in [2.05, 4.69) is 15.3 Å². The molecule has 0 saturated heterocycles. The Morgan fingerprint density at radius 2 is 2.04 bits per heavy atom. The van der Waals surface area contributed by atoms with Gasteiger partial charge in [0.1, 0.15) is 5.82 Å². The molecule has 1 amide bonds. The summed E-state index contributed by atoms with van der Waals surface area (Å²) in [6, 6.07) is 5.91. The first kappa shape index (κ1) is 17.0. The number of phenolic OH excluding ortho intramolecular Hbond substituents is 2. The summed E-state index contributed by atoms with van der Waals surface area (Å²) in [7, 11) is 0. The molecule has 0 fully saturated rings. The number of halogens is 1. The molecule has 0 atom stereocenters. The van der Waals surface area contributed by atoms with Gasteiger partial charge in [-0.25, -0.2) is 9.97 Å². The van der Waals surface area contributed by atoms with E-state index in [1.165, 1.54) is 23.5 Å². The van der Waals surface area contributed by atoms with Gasteiger partial charge in [-0.1, -0.05) is 11.6 Å². The maximum atomic E-state index is 12.2. The lowest BCUT2D eigenvalue weighted by Crippen LogP contribution is -2.14. The largest absolute Gasteiger partial charge is 0.504 e. The van der Waals surface area contributed by atoms with E-state index < -0.39 is 0 Å². The molecule has 0 aliphatic heterocycles. The maximum Gasteiger partial charge on any atom is 0.230 e. The highest BCUT2D eigenvalue weighted by molar-refractivity contribution is 7.14. The molecule has 0 bridgehead atoms. The summed E-state index contributed by atoms with van der Waals surface area (Å²) in [6.45, 7) is 0. The third-order valence-electron chi connectivity index (χ3n) is 3.32. The fraction of sp³-hybridized carbons (Fsp3) is 0.0625. The Labute approximate surface area is 151 Å². The van der Waals surface area contributed by atoms with Crippen molar-refractivity contribution in [1.82, 2.24) is 9.97 Å². The van der Waals surface area contributed by atoms with Gasteiger partial charge in [-0.15, -0.1) is 11.3 Å². The minimum absolute atomic E-state index is 0.0657. The number of aromatic nitrogens is 2. The number of nitrogen functional groups attached to an aromatic ring is 1. The molecule has 0 spiro atoms. The predicted molar refractivity (Wildman–Crippen MR) is 96.9 cm³/mol. The second-order valence-electron chi connectivity index (χ2n) is 5.16. The van der Waals surface area contributed by atoms with Crippen LogP contribution in [-0.2, 0) is 11.2 Å². The Balaban J connectivity index is 1.71. The quantitative estimate of drug-likeness (QED) is 0.519. The first-order chi connectivity index (χ1) is 11.9. The van der Waals surface area contributed by atoms with Gasteiger partial charge in [0.15, 0.2) is 16.6 Å². The molecule has 0 saturated carbocycles. The number of aromatic hydroxyl groups is 2. The van der Waals surface area contributed by atoms with Crippen LogP contribution in [0.5, 0.6) is 11.5 Å². The number of amides is 1. The van der Waals surface area contributed by atoms with Crippen LogP contribution < -0.4 is 11.1 Å². The summed E-state index contributed by atoms with van der Waals surface area (Å²) in [5.41, 5.74) is 7.52. The molecule has 1 aromatic carbocycles. The van der Waals surface area contributed by atoms with Crippen LogP contribution in [0.2, 0.25) is 5.02 Å². The zero-order valence-electron chi connectivity index (χ0n) is 12.7. The first-order valence-corrected chi connectivity index (χ1v) is 8.36. The standard InChI is InChI=1S/C16H13ClN4O3S/c17-10-6-13(23)12(22)3-9(10)5-15(24)21-16-20-11(7-25-16)8-1-2-19-14(18)4-8/h1-4,6-7,22-23H,5H2,(H2,18,19)(H,20,21,24). The van der Waals surface area contributed by atoms with Gasteiger partial charge in [0.05, 0.1) is 12.1 Å². The van der Waals surface area contributed by atoms with E-state index in [1.54, 1.807) is 23.7 Å². The highest BCUT2D eigenvalue weighted by atomic mass is 35.5. The zero-order valence-corrected chi connectivity index (χ0v) is 14.3. The number of nitrogens with two attached hydrogens (primary N) is 1. The van der Waals surface area contributed by atoms with Crippen LogP contribution in [-0.4, -0.2) is 26.1 Å². The molecule has 0 aliphatic carbocycles. The summed E-state index contributed by atoms with van der Waals surface area (Å²) in [6.07, 6.45) is 1.52. The number of carbonyl (C=O) groups is 1. The van der Waals surface area contributed by atoms with Crippen LogP contribution >= 0.6 is 22.9 Å². The van der Waals surface area contributed by atoms with Crippen LogP contribution in [0.15, 0.2) is 35.8 Å². The Kier molecular flexibility index (Phi) is 4.73. The van der Waals surface area contributed by atoms with E-state index in [4.69, 9.17) is 17.3 Å². The Morgan fingerprint density at radius 3 is 2.80 bits per heavy atom. The zero-order chi connectivity index (χ0) is 18.0. The summed E-state index contributed by atoms with van der Waals surface area (Å²) in [4.78, 5) is 20.4. The number of rotatable bonds is 4. The van der Waals surface area contributed by atoms with Crippen molar-refractivity contribution >= 4 is 39.8 Å². The lowest BCUT2D eigenvalue weighted by Gasteiger charge is -2.06. The number of hydrogen-bond donors (Lipinski definition) is 4. The lowest BCUT2D eigenvalue weighted by atomic mass is 10.1. The third-order valence-corrected chi connectivity index (χ3v) is 4.43. The number of thiazole rings is 1. The highest BCUT2D eigenvalue weighted by Crippen LogP contribution is 2.32. The summed E-state index contributed by atoms with van der Waals surface area (Å²) in [5, 5.41) is 24.0. The SMILES string of the molecule is Nc1cc(-c2csc(NC(=O)Cc3cc(O)c(O)cc3Cl)n2)ccn1. The Hall–Kier alpha value is -2.84. The van der Waals surface area contributed by atoms with Crippen molar-refractivity contribution in [3.8, 4) is 22.8 Å². The monoisotopic (exact) mass is 376 g/mol. The van der Waals surface area contributed by atoms with Crippen LogP contribution in [0, 0.1) is 0 Å². The minimum atomic E-state index is -0.345. The molecule has 2 heterocycles. The van der Waals surface area contributed by atoms with Gasteiger partial charge in [-0.2, -0.15) is 0 Å². The van der Waals surface area contributed by atoms with E-state index in [0.717, 1.165) is 5.56 Å². The Morgan fingerprint density at radius 1 is 1.28 bits per heavy atom. The molecule has 0 unspecified atom stereocenters. The average Bonchev–Trinajstić information content (AvgIpc) is 3.01. The molecular weight excluding hydrogens is 364 g/mol. The van der Waals surface area contributed by atoms with E-state index in [9.17, 15) is 15.0 Å². The van der Waals surface area contributed by atoms with Crippen LogP contribution in [0.25, 0.3) is 11.3 Å². The molecule has 0 radical (unpaired) electrons. The van der Waals surface area contributed by atoms with Crippen molar-refractivity contribution in [2.45, 2.75) is 6.42 Å². The number of nitrogens with zero attached hydrogens (tertiary/aromatic N) is 2. The molecule has 128 valence electrons. The van der Waals surface area contributed by atoms with Gasteiger partial charge in [-0.05, 0) is 23.8 Å². The van der Waals surface area contributed by atoms with E-state index >= 15 is 0 Å². The number of nitrogens with one attached hydrogen (secondary N) is 1. The fourth-order valence-electron chi connectivity index (χ4n) is 2.14. The van der Waals surface area contributed by atoms with Gasteiger partial charge in [-0.3, -0.25) is 4.79 Å². The molecule has 3 rings (SSSR count). The minimum Gasteiger partial charge on any atom is -0.504 e. The molecule has 2 aromatic heterocycles. The maximum absolute atomic E-state index is 12.2. The van der Waals surface area contributed by atoms with Gasteiger partial charge < -0.3 is 21.3 Å². The van der Waals surface area contributed by atoms with Crippen LogP contribution in [0.3, 0.4) is 0 Å². The normalized spacial score (nSPS) is 10.6. The van der Waals surface area contributed by atoms with Crippen LogP contribution in [0.4, 0.5) is 10.9 Å². The highest BCUT2D eigenvalue weighted by Gasteiger charge is 2.13. The first-order valence-electron chi connectivity index (χ1n) is 7.10. The topological polar surface area (TPSA) is 121 Å². The average molecular weight is 377 g/mol. The lowest BCUT2D eigenvalue weighted by molar-refractivity contribution is -0.115. The second-order valence-corrected chi connectivity index (χ2v) is 6.43. The second kappa shape index (κ2) is 6.96. The molecule has 0 aliphatic rings. The molecular formula is C16H13ClN4O3S. The number of phenols is 2. The molecule has 9 heteroatoms. The van der Waals surface area contributed by atoms with Gasteiger partial charge in [0.2, 0.25) is 5.91 Å². The van der Waals surface area contributed by atoms with Crippen molar-refractivity contribution in [2.75, 3.05) is 11.1 Å². The molecule has 7 nitrogen and oxygen atoms in total. The molecule has 5 N–H and O–H groups in total. The van der Waals surface area contributed by atoms with Crippen molar-refractivity contribution in [3.63, 3.8) is 0 Å².